The summed E-state index contributed by atoms with van der Waals surface area (Å²) >= 11 is 0. The summed E-state index contributed by atoms with van der Waals surface area (Å²) in [6.07, 6.45) is 3.36. The lowest BCUT2D eigenvalue weighted by Crippen LogP contribution is -2.26. The first kappa shape index (κ1) is 18.0. The average Bonchev–Trinajstić information content (AvgIpc) is 2.77. The number of rotatable bonds is 7. The van der Waals surface area contributed by atoms with E-state index in [2.05, 4.69) is 22.3 Å². The van der Waals surface area contributed by atoms with Gasteiger partial charge in [0, 0.05) is 25.5 Å². The van der Waals surface area contributed by atoms with Gasteiger partial charge in [-0.3, -0.25) is 9.48 Å². The van der Waals surface area contributed by atoms with E-state index in [0.29, 0.717) is 18.0 Å². The molecule has 130 valence electrons. The molecular formula is C18H26N4O2. The van der Waals surface area contributed by atoms with E-state index in [4.69, 9.17) is 4.74 Å². The van der Waals surface area contributed by atoms with Crippen LogP contribution in [0.3, 0.4) is 0 Å². The Balaban J connectivity index is 1.90. The second-order valence-electron chi connectivity index (χ2n) is 6.16. The van der Waals surface area contributed by atoms with Crippen LogP contribution in [0, 0.1) is 13.8 Å². The minimum atomic E-state index is -0.154. The quantitative estimate of drug-likeness (QED) is 0.792. The molecule has 6 heteroatoms. The number of aryl methyl sites for hydroxylation is 2. The fourth-order valence-corrected chi connectivity index (χ4v) is 2.62. The average molecular weight is 330 g/mol. The maximum Gasteiger partial charge on any atom is 0.256 e. The number of nitrogens with one attached hydrogen (secondary N) is 1. The topological polar surface area (TPSA) is 69.0 Å². The Labute approximate surface area is 143 Å². The van der Waals surface area contributed by atoms with E-state index in [0.717, 1.165) is 18.5 Å². The van der Waals surface area contributed by atoms with Crippen molar-refractivity contribution in [3.8, 4) is 5.88 Å². The second-order valence-corrected chi connectivity index (χ2v) is 6.16. The first-order valence-corrected chi connectivity index (χ1v) is 8.29. The minimum absolute atomic E-state index is 0.0250. The molecule has 0 aliphatic heterocycles. The molecule has 0 bridgehead atoms. The van der Waals surface area contributed by atoms with Gasteiger partial charge in [0.15, 0.2) is 0 Å². The van der Waals surface area contributed by atoms with Crippen molar-refractivity contribution in [1.82, 2.24) is 20.1 Å². The van der Waals surface area contributed by atoms with Gasteiger partial charge in [-0.25, -0.2) is 4.98 Å². The Hall–Kier alpha value is -2.37. The summed E-state index contributed by atoms with van der Waals surface area (Å²) in [6.45, 7) is 8.51. The summed E-state index contributed by atoms with van der Waals surface area (Å²) in [7, 11) is 1.95. The normalized spacial score (nSPS) is 10.9. The van der Waals surface area contributed by atoms with Gasteiger partial charge >= 0.3 is 0 Å². The molecule has 0 radical (unpaired) electrons. The van der Waals surface area contributed by atoms with Crippen molar-refractivity contribution < 1.29 is 9.53 Å². The highest BCUT2D eigenvalue weighted by Crippen LogP contribution is 2.16. The van der Waals surface area contributed by atoms with Crippen LogP contribution >= 0.6 is 0 Å². The number of pyridine rings is 1. The molecule has 1 N–H and O–H groups in total. The lowest BCUT2D eigenvalue weighted by atomic mass is 10.1. The fourth-order valence-electron chi connectivity index (χ4n) is 2.62. The van der Waals surface area contributed by atoms with Crippen LogP contribution in [0.5, 0.6) is 5.88 Å². The van der Waals surface area contributed by atoms with Crippen molar-refractivity contribution in [2.45, 2.75) is 46.6 Å². The highest BCUT2D eigenvalue weighted by molar-refractivity contribution is 5.96. The number of hydrogen-bond acceptors (Lipinski definition) is 4. The van der Waals surface area contributed by atoms with Crippen LogP contribution in [-0.4, -0.2) is 33.3 Å². The predicted octanol–water partition coefficient (Wildman–Crippen LogP) is 2.58. The number of hydrogen-bond donors (Lipinski definition) is 1. The van der Waals surface area contributed by atoms with Crippen LogP contribution in [0.1, 0.15) is 47.6 Å². The third-order valence-corrected chi connectivity index (χ3v) is 3.91. The predicted molar refractivity (Wildman–Crippen MR) is 93.3 cm³/mol. The Morgan fingerprint density at radius 1 is 1.38 bits per heavy atom. The van der Waals surface area contributed by atoms with Crippen molar-refractivity contribution in [3.63, 3.8) is 0 Å². The van der Waals surface area contributed by atoms with E-state index in [-0.39, 0.29) is 12.0 Å². The monoisotopic (exact) mass is 330 g/mol. The molecule has 0 aliphatic rings. The number of amides is 1. The highest BCUT2D eigenvalue weighted by atomic mass is 16.5. The number of carbonyl (C=O) groups is 1. The van der Waals surface area contributed by atoms with Crippen LogP contribution in [-0.2, 0) is 13.5 Å². The first-order valence-electron chi connectivity index (χ1n) is 8.29. The third-order valence-electron chi connectivity index (χ3n) is 3.91. The lowest BCUT2D eigenvalue weighted by Gasteiger charge is -2.12. The molecule has 2 aromatic rings. The van der Waals surface area contributed by atoms with Crippen molar-refractivity contribution in [2.75, 3.05) is 6.54 Å². The van der Waals surface area contributed by atoms with E-state index in [9.17, 15) is 4.79 Å². The third kappa shape index (κ3) is 4.34. The number of aromatic nitrogens is 3. The van der Waals surface area contributed by atoms with Gasteiger partial charge in [0.05, 0.1) is 11.8 Å². The van der Waals surface area contributed by atoms with Crippen LogP contribution in [0.4, 0.5) is 0 Å². The molecule has 0 spiro atoms. The molecule has 0 atom stereocenters. The summed E-state index contributed by atoms with van der Waals surface area (Å²) in [5.41, 5.74) is 3.97. The summed E-state index contributed by atoms with van der Waals surface area (Å²) in [6, 6.07) is 3.47. The molecule has 2 aromatic heterocycles. The number of ether oxygens (including phenoxy) is 1. The fraction of sp³-hybridized carbons (Fsp3) is 0.500. The van der Waals surface area contributed by atoms with Crippen LogP contribution < -0.4 is 10.1 Å². The van der Waals surface area contributed by atoms with Crippen molar-refractivity contribution in [3.05, 3.63) is 40.8 Å². The van der Waals surface area contributed by atoms with Gasteiger partial charge < -0.3 is 10.1 Å². The Morgan fingerprint density at radius 2 is 2.12 bits per heavy atom. The van der Waals surface area contributed by atoms with Gasteiger partial charge in [-0.05, 0) is 58.2 Å². The summed E-state index contributed by atoms with van der Waals surface area (Å²) in [5, 5.41) is 7.36. The maximum absolute atomic E-state index is 12.3. The molecule has 6 nitrogen and oxygen atoms in total. The molecule has 24 heavy (non-hydrogen) atoms. The zero-order chi connectivity index (χ0) is 17.7. The second kappa shape index (κ2) is 7.95. The lowest BCUT2D eigenvalue weighted by molar-refractivity contribution is 0.0946. The standard InChI is InChI=1S/C18H26N4O2/c1-12(2)24-18-16(9-7-11-20-18)17(23)19-10-6-8-15-13(3)21-22(5)14(15)4/h7,9,11-12H,6,8,10H2,1-5H3,(H,19,23). The largest absolute Gasteiger partial charge is 0.474 e. The van der Waals surface area contributed by atoms with Gasteiger partial charge in [0.2, 0.25) is 5.88 Å². The molecule has 2 heterocycles. The van der Waals surface area contributed by atoms with E-state index < -0.39 is 0 Å². The Kier molecular flexibility index (Phi) is 5.95. The van der Waals surface area contributed by atoms with Gasteiger partial charge in [-0.15, -0.1) is 0 Å². The van der Waals surface area contributed by atoms with E-state index in [1.54, 1.807) is 18.3 Å². The number of nitrogens with zero attached hydrogens (tertiary/aromatic N) is 3. The number of carbonyl (C=O) groups excluding carboxylic acids is 1. The first-order chi connectivity index (χ1) is 11.4. The van der Waals surface area contributed by atoms with Gasteiger partial charge in [0.25, 0.3) is 5.91 Å². The zero-order valence-corrected chi connectivity index (χ0v) is 15.1. The smallest absolute Gasteiger partial charge is 0.256 e. The van der Waals surface area contributed by atoms with E-state index in [1.807, 2.05) is 32.5 Å². The van der Waals surface area contributed by atoms with Gasteiger partial charge in [0.1, 0.15) is 5.56 Å². The maximum atomic E-state index is 12.3. The van der Waals surface area contributed by atoms with E-state index in [1.165, 1.54) is 11.3 Å². The Morgan fingerprint density at radius 3 is 2.75 bits per heavy atom. The minimum Gasteiger partial charge on any atom is -0.474 e. The van der Waals surface area contributed by atoms with Crippen molar-refractivity contribution >= 4 is 5.91 Å². The van der Waals surface area contributed by atoms with Crippen molar-refractivity contribution in [1.29, 1.82) is 0 Å². The molecular weight excluding hydrogens is 304 g/mol. The molecule has 0 saturated carbocycles. The molecule has 0 saturated heterocycles. The summed E-state index contributed by atoms with van der Waals surface area (Å²) in [5.74, 6) is 0.224. The van der Waals surface area contributed by atoms with Gasteiger partial charge in [-0.1, -0.05) is 0 Å². The zero-order valence-electron chi connectivity index (χ0n) is 15.1. The molecule has 0 unspecified atom stereocenters. The van der Waals surface area contributed by atoms with Crippen LogP contribution in [0.2, 0.25) is 0 Å². The Bertz CT molecular complexity index is 707. The molecule has 2 rings (SSSR count). The van der Waals surface area contributed by atoms with Gasteiger partial charge in [-0.2, -0.15) is 5.10 Å². The molecule has 0 aliphatic carbocycles. The highest BCUT2D eigenvalue weighted by Gasteiger charge is 2.14. The SMILES string of the molecule is Cc1nn(C)c(C)c1CCCNC(=O)c1cccnc1OC(C)C. The molecule has 0 aromatic carbocycles. The van der Waals surface area contributed by atoms with Crippen LogP contribution in [0.15, 0.2) is 18.3 Å². The van der Waals surface area contributed by atoms with E-state index >= 15 is 0 Å². The summed E-state index contributed by atoms with van der Waals surface area (Å²) < 4.78 is 7.49. The van der Waals surface area contributed by atoms with Crippen LogP contribution in [0.25, 0.3) is 0 Å². The molecule has 1 amide bonds. The molecule has 0 fully saturated rings. The van der Waals surface area contributed by atoms with Crippen molar-refractivity contribution in [2.24, 2.45) is 7.05 Å². The summed E-state index contributed by atoms with van der Waals surface area (Å²) in [4.78, 5) is 16.5.